The lowest BCUT2D eigenvalue weighted by Gasteiger charge is -2.16. The largest absolute Gasteiger partial charge is 0.496 e. The van der Waals surface area contributed by atoms with Crippen molar-refractivity contribution < 1.29 is 17.9 Å². The van der Waals surface area contributed by atoms with E-state index in [-0.39, 0.29) is 12.0 Å². The van der Waals surface area contributed by atoms with E-state index in [1.165, 1.54) is 13.2 Å². The fourth-order valence-electron chi connectivity index (χ4n) is 2.24. The monoisotopic (exact) mass is 295 g/mol. The standard InChI is InChI=1S/C16H16F3NO/c1-9-3-6-14(21-2)10(7-9)8-13(20)11-4-5-12(17)16(19)15(11)18/h3-7,13H,8,20H2,1-2H3. The summed E-state index contributed by atoms with van der Waals surface area (Å²) in [7, 11) is 1.53. The molecule has 1 unspecified atom stereocenters. The second kappa shape index (κ2) is 6.18. The molecule has 2 N–H and O–H groups in total. The summed E-state index contributed by atoms with van der Waals surface area (Å²) in [6.07, 6.45) is 0.257. The number of benzene rings is 2. The quantitative estimate of drug-likeness (QED) is 0.874. The second-order valence-corrected chi connectivity index (χ2v) is 4.89. The fraction of sp³-hybridized carbons (Fsp3) is 0.250. The molecule has 0 saturated heterocycles. The van der Waals surface area contributed by atoms with Crippen molar-refractivity contribution in [1.82, 2.24) is 0 Å². The molecule has 21 heavy (non-hydrogen) atoms. The highest BCUT2D eigenvalue weighted by atomic mass is 19.2. The Morgan fingerprint density at radius 1 is 1.10 bits per heavy atom. The lowest BCUT2D eigenvalue weighted by molar-refractivity contribution is 0.406. The first kappa shape index (κ1) is 15.4. The van der Waals surface area contributed by atoms with Gasteiger partial charge in [0.25, 0.3) is 0 Å². The van der Waals surface area contributed by atoms with Gasteiger partial charge in [-0.05, 0) is 31.0 Å². The average molecular weight is 295 g/mol. The molecule has 0 aliphatic heterocycles. The van der Waals surface area contributed by atoms with Crippen LogP contribution in [-0.2, 0) is 6.42 Å². The maximum Gasteiger partial charge on any atom is 0.194 e. The molecule has 5 heteroatoms. The van der Waals surface area contributed by atoms with Crippen molar-refractivity contribution in [2.75, 3.05) is 7.11 Å². The molecule has 2 aromatic carbocycles. The number of rotatable bonds is 4. The molecule has 0 aromatic heterocycles. The SMILES string of the molecule is COc1ccc(C)cc1CC(N)c1ccc(F)c(F)c1F. The van der Waals surface area contributed by atoms with E-state index in [0.29, 0.717) is 5.75 Å². The van der Waals surface area contributed by atoms with E-state index >= 15 is 0 Å². The van der Waals surface area contributed by atoms with Gasteiger partial charge in [0.2, 0.25) is 0 Å². The van der Waals surface area contributed by atoms with Gasteiger partial charge in [-0.3, -0.25) is 0 Å². The number of nitrogens with two attached hydrogens (primary N) is 1. The van der Waals surface area contributed by atoms with E-state index in [1.54, 1.807) is 6.07 Å². The van der Waals surface area contributed by atoms with Crippen molar-refractivity contribution in [3.05, 3.63) is 64.5 Å². The van der Waals surface area contributed by atoms with Gasteiger partial charge in [0.15, 0.2) is 17.5 Å². The maximum absolute atomic E-state index is 13.8. The number of halogens is 3. The first-order valence-electron chi connectivity index (χ1n) is 6.46. The van der Waals surface area contributed by atoms with Crippen LogP contribution in [0.3, 0.4) is 0 Å². The third-order valence-electron chi connectivity index (χ3n) is 3.34. The normalized spacial score (nSPS) is 12.3. The molecule has 2 aromatic rings. The molecule has 0 aliphatic carbocycles. The lowest BCUT2D eigenvalue weighted by Crippen LogP contribution is -2.16. The number of aryl methyl sites for hydroxylation is 1. The summed E-state index contributed by atoms with van der Waals surface area (Å²) in [4.78, 5) is 0. The Morgan fingerprint density at radius 3 is 2.48 bits per heavy atom. The van der Waals surface area contributed by atoms with Gasteiger partial charge in [0.05, 0.1) is 7.11 Å². The van der Waals surface area contributed by atoms with Crippen molar-refractivity contribution >= 4 is 0 Å². The zero-order chi connectivity index (χ0) is 15.6. The van der Waals surface area contributed by atoms with Gasteiger partial charge in [-0.2, -0.15) is 0 Å². The molecular formula is C16H16F3NO. The number of hydrogen-bond donors (Lipinski definition) is 1. The highest BCUT2D eigenvalue weighted by Gasteiger charge is 2.19. The fourth-order valence-corrected chi connectivity index (χ4v) is 2.24. The van der Waals surface area contributed by atoms with Gasteiger partial charge in [0.1, 0.15) is 5.75 Å². The number of hydrogen-bond acceptors (Lipinski definition) is 2. The summed E-state index contributed by atoms with van der Waals surface area (Å²) < 4.78 is 45.2. The molecule has 0 aliphatic rings. The number of methoxy groups -OCH3 is 1. The molecule has 0 heterocycles. The lowest BCUT2D eigenvalue weighted by atomic mass is 9.97. The molecule has 112 valence electrons. The van der Waals surface area contributed by atoms with Crippen molar-refractivity contribution in [3.63, 3.8) is 0 Å². The van der Waals surface area contributed by atoms with Gasteiger partial charge >= 0.3 is 0 Å². The third-order valence-corrected chi connectivity index (χ3v) is 3.34. The smallest absolute Gasteiger partial charge is 0.194 e. The van der Waals surface area contributed by atoms with E-state index in [4.69, 9.17) is 10.5 Å². The van der Waals surface area contributed by atoms with E-state index in [1.807, 2.05) is 19.1 Å². The highest BCUT2D eigenvalue weighted by Crippen LogP contribution is 2.27. The Hall–Kier alpha value is -2.01. The van der Waals surface area contributed by atoms with Crippen LogP contribution < -0.4 is 10.5 Å². The van der Waals surface area contributed by atoms with Crippen LogP contribution in [0.25, 0.3) is 0 Å². The van der Waals surface area contributed by atoms with Crippen LogP contribution in [0.5, 0.6) is 5.75 Å². The average Bonchev–Trinajstić information content (AvgIpc) is 2.45. The van der Waals surface area contributed by atoms with E-state index in [0.717, 1.165) is 17.2 Å². The minimum atomic E-state index is -1.50. The Morgan fingerprint density at radius 2 is 1.81 bits per heavy atom. The van der Waals surface area contributed by atoms with Crippen molar-refractivity contribution in [2.45, 2.75) is 19.4 Å². The van der Waals surface area contributed by atoms with E-state index in [2.05, 4.69) is 0 Å². The van der Waals surface area contributed by atoms with Crippen molar-refractivity contribution in [2.24, 2.45) is 5.73 Å². The molecule has 0 radical (unpaired) electrons. The van der Waals surface area contributed by atoms with Gasteiger partial charge in [-0.1, -0.05) is 23.8 Å². The predicted octanol–water partition coefficient (Wildman–Crippen LogP) is 3.66. The molecule has 2 rings (SSSR count). The Bertz CT molecular complexity index is 658. The Kier molecular flexibility index (Phi) is 4.53. The van der Waals surface area contributed by atoms with Gasteiger partial charge in [0, 0.05) is 11.6 Å². The van der Waals surface area contributed by atoms with Crippen LogP contribution in [0, 0.1) is 24.4 Å². The molecule has 0 spiro atoms. The Balaban J connectivity index is 2.32. The molecular weight excluding hydrogens is 279 g/mol. The molecule has 0 amide bonds. The van der Waals surface area contributed by atoms with E-state index < -0.39 is 23.5 Å². The van der Waals surface area contributed by atoms with Crippen LogP contribution in [0.15, 0.2) is 30.3 Å². The van der Waals surface area contributed by atoms with Crippen LogP contribution in [0.2, 0.25) is 0 Å². The summed E-state index contributed by atoms with van der Waals surface area (Å²) in [5.74, 6) is -3.34. The van der Waals surface area contributed by atoms with Crippen LogP contribution in [-0.4, -0.2) is 7.11 Å². The summed E-state index contributed by atoms with van der Waals surface area (Å²) in [6, 6.07) is 6.79. The first-order chi connectivity index (χ1) is 9.93. The molecule has 0 saturated carbocycles. The molecule has 1 atom stereocenters. The molecule has 2 nitrogen and oxygen atoms in total. The summed E-state index contributed by atoms with van der Waals surface area (Å²) in [5, 5.41) is 0. The van der Waals surface area contributed by atoms with Crippen LogP contribution in [0.1, 0.15) is 22.7 Å². The zero-order valence-electron chi connectivity index (χ0n) is 11.8. The summed E-state index contributed by atoms with van der Waals surface area (Å²) in [5.41, 5.74) is 7.67. The summed E-state index contributed by atoms with van der Waals surface area (Å²) in [6.45, 7) is 1.91. The van der Waals surface area contributed by atoms with Crippen molar-refractivity contribution in [3.8, 4) is 5.75 Å². The Labute approximate surface area is 121 Å². The molecule has 0 fully saturated rings. The summed E-state index contributed by atoms with van der Waals surface area (Å²) >= 11 is 0. The predicted molar refractivity (Wildman–Crippen MR) is 74.7 cm³/mol. The topological polar surface area (TPSA) is 35.2 Å². The van der Waals surface area contributed by atoms with Gasteiger partial charge < -0.3 is 10.5 Å². The second-order valence-electron chi connectivity index (χ2n) is 4.89. The van der Waals surface area contributed by atoms with Crippen LogP contribution >= 0.6 is 0 Å². The van der Waals surface area contributed by atoms with Gasteiger partial charge in [-0.15, -0.1) is 0 Å². The first-order valence-corrected chi connectivity index (χ1v) is 6.46. The van der Waals surface area contributed by atoms with Crippen molar-refractivity contribution in [1.29, 1.82) is 0 Å². The minimum Gasteiger partial charge on any atom is -0.496 e. The van der Waals surface area contributed by atoms with E-state index in [9.17, 15) is 13.2 Å². The van der Waals surface area contributed by atoms with Gasteiger partial charge in [-0.25, -0.2) is 13.2 Å². The maximum atomic E-state index is 13.8. The number of ether oxygens (including phenoxy) is 1. The van der Waals surface area contributed by atoms with Crippen LogP contribution in [0.4, 0.5) is 13.2 Å². The minimum absolute atomic E-state index is 0.0579. The third kappa shape index (κ3) is 3.19. The highest BCUT2D eigenvalue weighted by molar-refractivity contribution is 5.38. The molecule has 0 bridgehead atoms. The zero-order valence-corrected chi connectivity index (χ0v) is 11.8.